The first-order chi connectivity index (χ1) is 26.5. The van der Waals surface area contributed by atoms with Crippen LogP contribution in [0.15, 0.2) is 0 Å². The van der Waals surface area contributed by atoms with E-state index in [0.29, 0.717) is 19.4 Å². The van der Waals surface area contributed by atoms with Crippen LogP contribution in [0.2, 0.25) is 0 Å². The standard InChI is InChI=1S/C48H93NO5/c1-4-7-10-13-16-20-26-33-45(34-27-21-17-14-11-8-5-2)54-47(52)36-29-23-19-24-31-40-49(42-43-50)41-32-25-30-37-48(38-39-48)44-53-46(51)35-28-22-18-15-12-9-6-3/h45,50H,4-44H2,1-3H3. The molecule has 0 radical (unpaired) electrons. The molecule has 0 amide bonds. The van der Waals surface area contributed by atoms with Crippen molar-refractivity contribution >= 4 is 11.9 Å². The summed E-state index contributed by atoms with van der Waals surface area (Å²) in [4.78, 5) is 27.5. The van der Waals surface area contributed by atoms with Crippen LogP contribution >= 0.6 is 0 Å². The molecule has 6 nitrogen and oxygen atoms in total. The zero-order valence-electron chi connectivity index (χ0n) is 36.6. The van der Waals surface area contributed by atoms with Crippen LogP contribution < -0.4 is 0 Å². The molecule has 0 atom stereocenters. The van der Waals surface area contributed by atoms with E-state index in [9.17, 15) is 14.7 Å². The molecular formula is C48H93NO5. The van der Waals surface area contributed by atoms with E-state index in [-0.39, 0.29) is 30.1 Å². The maximum absolute atomic E-state index is 12.8. The Labute approximate surface area is 336 Å². The third kappa shape index (κ3) is 32.0. The molecule has 0 unspecified atom stereocenters. The van der Waals surface area contributed by atoms with Gasteiger partial charge in [0.25, 0.3) is 0 Å². The summed E-state index contributed by atoms with van der Waals surface area (Å²) in [5.74, 6) is 0.0243. The summed E-state index contributed by atoms with van der Waals surface area (Å²) in [5.41, 5.74) is 0.263. The van der Waals surface area contributed by atoms with Gasteiger partial charge >= 0.3 is 11.9 Å². The lowest BCUT2D eigenvalue weighted by Gasteiger charge is -2.21. The summed E-state index contributed by atoms with van der Waals surface area (Å²) in [5, 5.41) is 9.63. The summed E-state index contributed by atoms with van der Waals surface area (Å²) < 4.78 is 11.8. The molecule has 0 bridgehead atoms. The van der Waals surface area contributed by atoms with Gasteiger partial charge in [-0.05, 0) is 83.7 Å². The van der Waals surface area contributed by atoms with Crippen molar-refractivity contribution < 1.29 is 24.2 Å². The fraction of sp³-hybridized carbons (Fsp3) is 0.958. The zero-order valence-corrected chi connectivity index (χ0v) is 36.6. The van der Waals surface area contributed by atoms with Crippen LogP contribution in [0.5, 0.6) is 0 Å². The van der Waals surface area contributed by atoms with Crippen molar-refractivity contribution in [2.75, 3.05) is 32.8 Å². The van der Waals surface area contributed by atoms with Gasteiger partial charge < -0.3 is 19.5 Å². The highest BCUT2D eigenvalue weighted by atomic mass is 16.5. The molecule has 1 rings (SSSR count). The molecule has 0 heterocycles. The SMILES string of the molecule is CCCCCCCCCC(=O)OCC1(CCCCCN(CCO)CCCCCCCC(=O)OC(CCCCCCCCC)CCCCCCCCC)CC1. The highest BCUT2D eigenvalue weighted by Crippen LogP contribution is 2.50. The van der Waals surface area contributed by atoms with Crippen molar-refractivity contribution in [3.05, 3.63) is 0 Å². The number of hydrogen-bond acceptors (Lipinski definition) is 6. The van der Waals surface area contributed by atoms with Crippen molar-refractivity contribution in [3.8, 4) is 0 Å². The van der Waals surface area contributed by atoms with Crippen molar-refractivity contribution in [2.24, 2.45) is 5.41 Å². The van der Waals surface area contributed by atoms with Crippen LogP contribution in [0.1, 0.15) is 252 Å². The smallest absolute Gasteiger partial charge is 0.306 e. The van der Waals surface area contributed by atoms with E-state index in [1.165, 1.54) is 161 Å². The van der Waals surface area contributed by atoms with Gasteiger partial charge in [-0.25, -0.2) is 0 Å². The Bertz CT molecular complexity index is 812. The second-order valence-electron chi connectivity index (χ2n) is 17.4. The van der Waals surface area contributed by atoms with E-state index in [4.69, 9.17) is 9.47 Å². The molecule has 6 heteroatoms. The molecule has 0 aromatic rings. The quantitative estimate of drug-likeness (QED) is 0.0492. The summed E-state index contributed by atoms with van der Waals surface area (Å²) in [6.07, 6.45) is 42.8. The average molecular weight is 764 g/mol. The van der Waals surface area contributed by atoms with Gasteiger partial charge in [0.15, 0.2) is 0 Å². The Morgan fingerprint density at radius 1 is 0.519 bits per heavy atom. The minimum Gasteiger partial charge on any atom is -0.465 e. The van der Waals surface area contributed by atoms with Crippen LogP contribution in [-0.4, -0.2) is 60.9 Å². The second-order valence-corrected chi connectivity index (χ2v) is 17.4. The average Bonchev–Trinajstić information content (AvgIpc) is 3.95. The molecule has 54 heavy (non-hydrogen) atoms. The summed E-state index contributed by atoms with van der Waals surface area (Å²) in [7, 11) is 0. The molecule has 0 aromatic heterocycles. The first kappa shape index (κ1) is 50.9. The monoisotopic (exact) mass is 764 g/mol. The summed E-state index contributed by atoms with van der Waals surface area (Å²) in [6.45, 7) is 10.5. The number of ether oxygens (including phenoxy) is 2. The summed E-state index contributed by atoms with van der Waals surface area (Å²) in [6, 6.07) is 0. The highest BCUT2D eigenvalue weighted by molar-refractivity contribution is 5.69. The lowest BCUT2D eigenvalue weighted by Crippen LogP contribution is -2.29. The van der Waals surface area contributed by atoms with Gasteiger partial charge in [0.1, 0.15) is 6.10 Å². The second kappa shape index (κ2) is 37.4. The van der Waals surface area contributed by atoms with Gasteiger partial charge in [0, 0.05) is 24.8 Å². The van der Waals surface area contributed by atoms with Gasteiger partial charge in [0.05, 0.1) is 13.2 Å². The molecule has 0 spiro atoms. The lowest BCUT2D eigenvalue weighted by atomic mass is 9.99. The predicted molar refractivity (Wildman–Crippen MR) is 230 cm³/mol. The fourth-order valence-electron chi connectivity index (χ4n) is 7.96. The first-order valence-electron chi connectivity index (χ1n) is 24.2. The van der Waals surface area contributed by atoms with Crippen LogP contribution in [0.3, 0.4) is 0 Å². The number of unbranched alkanes of at least 4 members (excludes halogenated alkanes) is 24. The Morgan fingerprint density at radius 2 is 0.926 bits per heavy atom. The number of carbonyl (C=O) groups excluding carboxylic acids is 2. The molecule has 1 aliphatic carbocycles. The Balaban J connectivity index is 2.15. The van der Waals surface area contributed by atoms with Crippen molar-refractivity contribution in [1.82, 2.24) is 4.90 Å². The molecular weight excluding hydrogens is 671 g/mol. The van der Waals surface area contributed by atoms with E-state index >= 15 is 0 Å². The van der Waals surface area contributed by atoms with Crippen molar-refractivity contribution in [1.29, 1.82) is 0 Å². The van der Waals surface area contributed by atoms with Crippen LogP contribution in [0, 0.1) is 5.41 Å². The van der Waals surface area contributed by atoms with Gasteiger partial charge in [-0.15, -0.1) is 0 Å². The molecule has 1 fully saturated rings. The maximum Gasteiger partial charge on any atom is 0.306 e. The minimum atomic E-state index is 0.00353. The van der Waals surface area contributed by atoms with Crippen molar-refractivity contribution in [2.45, 2.75) is 258 Å². The lowest BCUT2D eigenvalue weighted by molar-refractivity contribution is -0.150. The molecule has 1 saturated carbocycles. The van der Waals surface area contributed by atoms with Gasteiger partial charge in [0.2, 0.25) is 0 Å². The normalized spacial score (nSPS) is 13.6. The number of carbonyl (C=O) groups is 2. The van der Waals surface area contributed by atoms with Crippen LogP contribution in [0.4, 0.5) is 0 Å². The van der Waals surface area contributed by atoms with E-state index in [0.717, 1.165) is 77.4 Å². The molecule has 0 aliphatic heterocycles. The van der Waals surface area contributed by atoms with Gasteiger partial charge in [-0.1, -0.05) is 168 Å². The molecule has 0 saturated heterocycles. The van der Waals surface area contributed by atoms with E-state index in [2.05, 4.69) is 25.7 Å². The van der Waals surface area contributed by atoms with Crippen LogP contribution in [0.25, 0.3) is 0 Å². The van der Waals surface area contributed by atoms with Gasteiger partial charge in [-0.3, -0.25) is 9.59 Å². The molecule has 320 valence electrons. The fourth-order valence-corrected chi connectivity index (χ4v) is 7.96. The Morgan fingerprint density at radius 3 is 1.39 bits per heavy atom. The van der Waals surface area contributed by atoms with E-state index in [1.807, 2.05) is 0 Å². The topological polar surface area (TPSA) is 76.1 Å². The molecule has 1 N–H and O–H groups in total. The predicted octanol–water partition coefficient (Wildman–Crippen LogP) is 13.8. The third-order valence-electron chi connectivity index (χ3n) is 12.0. The van der Waals surface area contributed by atoms with E-state index < -0.39 is 0 Å². The highest BCUT2D eigenvalue weighted by Gasteiger charge is 2.43. The van der Waals surface area contributed by atoms with E-state index in [1.54, 1.807) is 0 Å². The van der Waals surface area contributed by atoms with Gasteiger partial charge in [-0.2, -0.15) is 0 Å². The number of aliphatic hydroxyl groups excluding tert-OH is 1. The largest absolute Gasteiger partial charge is 0.465 e. The Hall–Kier alpha value is -1.14. The minimum absolute atomic E-state index is 0.00353. The summed E-state index contributed by atoms with van der Waals surface area (Å²) >= 11 is 0. The third-order valence-corrected chi connectivity index (χ3v) is 12.0. The van der Waals surface area contributed by atoms with Crippen LogP contribution in [-0.2, 0) is 19.1 Å². The number of esters is 2. The number of rotatable bonds is 43. The van der Waals surface area contributed by atoms with Crippen molar-refractivity contribution in [3.63, 3.8) is 0 Å². The molecule has 1 aliphatic rings. The zero-order chi connectivity index (χ0) is 39.2. The number of aliphatic hydroxyl groups is 1. The Kier molecular flexibility index (Phi) is 35.3. The molecule has 0 aromatic carbocycles. The number of nitrogens with zero attached hydrogens (tertiary/aromatic N) is 1. The number of hydrogen-bond donors (Lipinski definition) is 1. The first-order valence-corrected chi connectivity index (χ1v) is 24.2. The maximum atomic E-state index is 12.8.